The third-order valence-corrected chi connectivity index (χ3v) is 17.2. The quantitative estimate of drug-likeness (QED) is 0.152. The number of ketones is 2. The van der Waals surface area contributed by atoms with Crippen molar-refractivity contribution < 1.29 is 53.0 Å². The number of cyclic esters (lactones) is 1. The van der Waals surface area contributed by atoms with Gasteiger partial charge in [0.1, 0.15) is 18.1 Å². The molecule has 2 fully saturated rings. The Morgan fingerprint density at radius 3 is 1.80 bits per heavy atom. The lowest BCUT2D eigenvalue weighted by molar-refractivity contribution is -0.178. The summed E-state index contributed by atoms with van der Waals surface area (Å²) in [6.07, 6.45) is -0.0458. The molecule has 2 aliphatic rings. The summed E-state index contributed by atoms with van der Waals surface area (Å²) in [6.45, 7) is 21.1. The third-order valence-electron chi connectivity index (χ3n) is 16.5. The summed E-state index contributed by atoms with van der Waals surface area (Å²) in [6, 6.07) is 9.38. The topological polar surface area (TPSA) is 211 Å². The second kappa shape index (κ2) is 29.7. The average molecular weight is 1230 g/mol. The number of aliphatic hydroxyl groups is 1. The van der Waals surface area contributed by atoms with Gasteiger partial charge in [0.15, 0.2) is 23.7 Å². The molecule has 2 aromatic rings. The Bertz CT molecular complexity index is 2500. The van der Waals surface area contributed by atoms with Crippen LogP contribution in [0.5, 0.6) is 0 Å². The third kappa shape index (κ3) is 16.9. The largest absolute Gasteiger partial charge is 0.450 e. The van der Waals surface area contributed by atoms with Crippen molar-refractivity contribution in [2.24, 2.45) is 41.4 Å². The monoisotopic (exact) mass is 1220 g/mol. The molecule has 2 aliphatic heterocycles. The predicted molar refractivity (Wildman–Crippen MR) is 316 cm³/mol. The number of rotatable bonds is 13. The van der Waals surface area contributed by atoms with Crippen LogP contribution in [0.3, 0.4) is 0 Å². The number of halogens is 1. The van der Waals surface area contributed by atoms with Gasteiger partial charge in [-0.25, -0.2) is 4.79 Å². The number of carbonyl (C=O) groups excluding carboxylic acids is 9. The number of amides is 6. The first-order valence-corrected chi connectivity index (χ1v) is 29.9. The Kier molecular flexibility index (Phi) is 24.9. The van der Waals surface area contributed by atoms with Crippen molar-refractivity contribution in [3.8, 4) is 0 Å². The molecule has 0 spiro atoms. The maximum atomic E-state index is 15.4. The van der Waals surface area contributed by atoms with Crippen LogP contribution in [0.2, 0.25) is 0 Å². The molecule has 17 nitrogen and oxygen atoms in total. The molecule has 0 aliphatic carbocycles. The summed E-state index contributed by atoms with van der Waals surface area (Å²) in [5.74, 6) is -9.27. The van der Waals surface area contributed by atoms with Gasteiger partial charge < -0.3 is 39.7 Å². The SMILES string of the molecule is CCC(C)[C@@H]1CC(=O)[C@@H]2CCCN2C(=O)C(Cc2cccc(I)c2)N(C)C(=O)[C@H](Cc2ccccc2)NC(=O)[C@H](C(C)C)N(C)C(=O)[C@@H](C(C)CC)OC(=O)[C@H](C(C)(C)O)N(C)C(=O)[C@H](CC(C)C)CC(=O)[C@H](C(C)C)N(C)C1=O. The summed E-state index contributed by atoms with van der Waals surface area (Å²) >= 11 is 2.19. The fourth-order valence-corrected chi connectivity index (χ4v) is 12.4. The molecule has 2 heterocycles. The maximum absolute atomic E-state index is 15.4. The van der Waals surface area contributed by atoms with Gasteiger partial charge in [0.2, 0.25) is 29.5 Å². The van der Waals surface area contributed by atoms with Crippen molar-refractivity contribution in [2.45, 2.75) is 189 Å². The van der Waals surface area contributed by atoms with E-state index in [0.29, 0.717) is 31.2 Å². The number of Topliss-reactive ketones (excluding diaryl/α,β-unsaturated/α-hetero) is 2. The van der Waals surface area contributed by atoms with E-state index in [1.165, 1.54) is 54.6 Å². The Hall–Kier alpha value is -5.24. The van der Waals surface area contributed by atoms with Crippen LogP contribution in [0.4, 0.5) is 0 Å². The fourth-order valence-electron chi connectivity index (χ4n) is 11.8. The molecule has 11 atom stereocenters. The maximum Gasteiger partial charge on any atom is 0.332 e. The highest BCUT2D eigenvalue weighted by atomic mass is 127. The lowest BCUT2D eigenvalue weighted by atomic mass is 9.82. The van der Waals surface area contributed by atoms with Crippen LogP contribution in [0, 0.1) is 45.0 Å². The highest BCUT2D eigenvalue weighted by Crippen LogP contribution is 2.32. The van der Waals surface area contributed by atoms with Gasteiger partial charge in [-0.15, -0.1) is 0 Å². The number of ether oxygens (including phenoxy) is 1. The molecule has 0 saturated carbocycles. The number of hydrogen-bond acceptors (Lipinski definition) is 11. The summed E-state index contributed by atoms with van der Waals surface area (Å²) in [4.78, 5) is 142. The van der Waals surface area contributed by atoms with Crippen LogP contribution in [0.15, 0.2) is 54.6 Å². The molecule has 2 aromatic carbocycles. The van der Waals surface area contributed by atoms with E-state index in [-0.39, 0.29) is 56.3 Å². The number of likely N-dealkylation sites (N-methyl/N-ethyl adjacent to an activating group) is 4. The zero-order chi connectivity index (χ0) is 60.2. The first kappa shape index (κ1) is 67.3. The normalized spacial score (nSPS) is 26.5. The first-order valence-electron chi connectivity index (χ1n) is 28.8. The van der Waals surface area contributed by atoms with Gasteiger partial charge in [-0.3, -0.25) is 38.4 Å². The summed E-state index contributed by atoms with van der Waals surface area (Å²) in [5, 5.41) is 14.7. The van der Waals surface area contributed by atoms with Gasteiger partial charge in [-0.1, -0.05) is 118 Å². The minimum atomic E-state index is -1.94. The lowest BCUT2D eigenvalue weighted by Gasteiger charge is -2.39. The first-order chi connectivity index (χ1) is 37.4. The fraction of sp³-hybridized carbons (Fsp3) is 0.661. The van der Waals surface area contributed by atoms with Crippen LogP contribution in [0.1, 0.15) is 139 Å². The van der Waals surface area contributed by atoms with Crippen molar-refractivity contribution in [1.82, 2.24) is 29.8 Å². The van der Waals surface area contributed by atoms with E-state index in [1.54, 1.807) is 34.7 Å². The minimum absolute atomic E-state index is 0.00560. The molecule has 2 saturated heterocycles. The molecule has 0 bridgehead atoms. The molecular weight excluding hydrogens is 1130 g/mol. The standard InChI is InChI=1S/C62H93IN6O11/c1-17-39(9)45-35-49(70)47-28-23-29-69(47)59(76)48(33-42-26-22-27-44(63)31-42)65(13)58(75)46(32-41-24-20-19-21-25-41)64-55(72)52(38(7)8)67(15)60(77)53(40(10)18-2)80-61(78)54(62(11,12)79)68(16)56(73)43(30-36(3)4)34-50(71)51(37(5)6)66(14)57(45)74/h19-22,24-27,31,36-40,43,45-48,51-54,79H,17-18,23,28-30,32-35H2,1-16H3,(H,64,72)/t39?,40?,43-,45+,46+,47+,48?,51+,52+,53-,54-/m1/s1. The number of benzene rings is 2. The summed E-state index contributed by atoms with van der Waals surface area (Å²) in [5.41, 5.74) is -0.477. The van der Waals surface area contributed by atoms with E-state index >= 15 is 9.59 Å². The van der Waals surface area contributed by atoms with Gasteiger partial charge in [0, 0.05) is 81.7 Å². The second-order valence-electron chi connectivity index (χ2n) is 24.4. The van der Waals surface area contributed by atoms with Gasteiger partial charge in [0.25, 0.3) is 5.91 Å². The molecular formula is C62H93IN6O11. The Balaban J connectivity index is 1.99. The van der Waals surface area contributed by atoms with E-state index in [1.807, 2.05) is 96.1 Å². The van der Waals surface area contributed by atoms with E-state index in [0.717, 1.165) is 14.0 Å². The van der Waals surface area contributed by atoms with Gasteiger partial charge >= 0.3 is 5.97 Å². The van der Waals surface area contributed by atoms with Crippen molar-refractivity contribution in [3.05, 3.63) is 69.3 Å². The van der Waals surface area contributed by atoms with Gasteiger partial charge in [-0.05, 0) is 109 Å². The Morgan fingerprint density at radius 1 is 0.662 bits per heavy atom. The Labute approximate surface area is 490 Å². The van der Waals surface area contributed by atoms with Gasteiger partial charge in [-0.2, -0.15) is 0 Å². The average Bonchev–Trinajstić information content (AvgIpc) is 3.90. The molecule has 18 heteroatoms. The summed E-state index contributed by atoms with van der Waals surface area (Å²) in [7, 11) is 5.84. The zero-order valence-electron chi connectivity index (χ0n) is 50.5. The number of hydrogen-bond donors (Lipinski definition) is 2. The second-order valence-corrected chi connectivity index (χ2v) is 25.7. The van der Waals surface area contributed by atoms with Crippen LogP contribution in [-0.4, -0.2) is 165 Å². The van der Waals surface area contributed by atoms with Gasteiger partial charge in [0.05, 0.1) is 17.7 Å². The highest BCUT2D eigenvalue weighted by molar-refractivity contribution is 14.1. The predicted octanol–water partition coefficient (Wildman–Crippen LogP) is 7.16. The van der Waals surface area contributed by atoms with Crippen molar-refractivity contribution in [2.75, 3.05) is 34.7 Å². The van der Waals surface area contributed by atoms with Crippen LogP contribution >= 0.6 is 22.6 Å². The number of nitrogens with one attached hydrogen (secondary N) is 1. The Morgan fingerprint density at radius 2 is 1.25 bits per heavy atom. The minimum Gasteiger partial charge on any atom is -0.450 e. The number of fused-ring (bicyclic) bond motifs is 1. The molecule has 4 rings (SSSR count). The molecule has 0 radical (unpaired) electrons. The zero-order valence-corrected chi connectivity index (χ0v) is 52.7. The molecule has 0 aromatic heterocycles. The highest BCUT2D eigenvalue weighted by Gasteiger charge is 2.48. The molecule has 6 amide bonds. The van der Waals surface area contributed by atoms with Crippen LogP contribution < -0.4 is 5.32 Å². The van der Waals surface area contributed by atoms with Crippen molar-refractivity contribution in [3.63, 3.8) is 0 Å². The van der Waals surface area contributed by atoms with E-state index in [9.17, 15) is 38.7 Å². The van der Waals surface area contributed by atoms with Crippen LogP contribution in [-0.2, 0) is 60.7 Å². The van der Waals surface area contributed by atoms with E-state index < -0.39 is 125 Å². The number of esters is 1. The van der Waals surface area contributed by atoms with Crippen molar-refractivity contribution in [1.29, 1.82) is 0 Å². The number of nitrogens with zero attached hydrogens (tertiary/aromatic N) is 5. The summed E-state index contributed by atoms with van der Waals surface area (Å²) < 4.78 is 7.03. The lowest BCUT2D eigenvalue weighted by Crippen LogP contribution is -2.61. The molecule has 444 valence electrons. The van der Waals surface area contributed by atoms with E-state index in [4.69, 9.17) is 4.74 Å². The van der Waals surface area contributed by atoms with Crippen LogP contribution in [0.25, 0.3) is 0 Å². The molecule has 3 unspecified atom stereocenters. The molecule has 2 N–H and O–H groups in total. The number of carbonyl (C=O) groups is 9. The molecule has 80 heavy (non-hydrogen) atoms. The smallest absolute Gasteiger partial charge is 0.332 e. The van der Waals surface area contributed by atoms with E-state index in [2.05, 4.69) is 27.9 Å². The van der Waals surface area contributed by atoms with Crippen molar-refractivity contribution >= 4 is 75.6 Å².